The van der Waals surface area contributed by atoms with Gasteiger partial charge in [-0.2, -0.15) is 0 Å². The predicted octanol–water partition coefficient (Wildman–Crippen LogP) is 4.31. The van der Waals surface area contributed by atoms with Crippen LogP contribution in [0.1, 0.15) is 77.4 Å². The van der Waals surface area contributed by atoms with E-state index in [9.17, 15) is 0 Å². The van der Waals surface area contributed by atoms with Crippen LogP contribution in [0, 0.1) is 0 Å². The van der Waals surface area contributed by atoms with E-state index in [0.29, 0.717) is 12.0 Å². The SMILES string of the molecule is CC(C)c1ncc(CN(Cc2ccccn2)C2CC(C)(C)NC(C)(C)C2)cn1. The number of hydrogen-bond donors (Lipinski definition) is 1. The summed E-state index contributed by atoms with van der Waals surface area (Å²) in [5.41, 5.74) is 2.48. The first-order valence-electron chi connectivity index (χ1n) is 10.4. The molecule has 0 saturated carbocycles. The minimum atomic E-state index is 0.104. The second-order valence-corrected chi connectivity index (χ2v) is 9.79. The maximum atomic E-state index is 4.58. The molecule has 2 aromatic heterocycles. The van der Waals surface area contributed by atoms with Crippen molar-refractivity contribution < 1.29 is 0 Å². The summed E-state index contributed by atoms with van der Waals surface area (Å²) in [5.74, 6) is 1.26. The molecule has 0 amide bonds. The number of pyridine rings is 1. The molecular weight excluding hydrogens is 346 g/mol. The number of aromatic nitrogens is 3. The molecule has 1 aliphatic heterocycles. The Hall–Kier alpha value is -1.85. The summed E-state index contributed by atoms with van der Waals surface area (Å²) in [6, 6.07) is 6.63. The van der Waals surface area contributed by atoms with Crippen LogP contribution in [0.3, 0.4) is 0 Å². The second-order valence-electron chi connectivity index (χ2n) is 9.79. The van der Waals surface area contributed by atoms with Crippen LogP contribution in [0.25, 0.3) is 0 Å². The zero-order valence-corrected chi connectivity index (χ0v) is 18.2. The number of nitrogens with one attached hydrogen (secondary N) is 1. The van der Waals surface area contributed by atoms with Crippen molar-refractivity contribution in [2.45, 2.75) is 90.5 Å². The van der Waals surface area contributed by atoms with Gasteiger partial charge in [-0.1, -0.05) is 19.9 Å². The van der Waals surface area contributed by atoms with Crippen LogP contribution in [0.4, 0.5) is 0 Å². The molecule has 3 rings (SSSR count). The Kier molecular flexibility index (Phi) is 6.15. The van der Waals surface area contributed by atoms with Gasteiger partial charge in [0.15, 0.2) is 0 Å². The van der Waals surface area contributed by atoms with Gasteiger partial charge in [-0.05, 0) is 52.7 Å². The van der Waals surface area contributed by atoms with Crippen molar-refractivity contribution in [2.75, 3.05) is 0 Å². The van der Waals surface area contributed by atoms with Crippen LogP contribution in [0.15, 0.2) is 36.8 Å². The molecule has 1 N–H and O–H groups in total. The van der Waals surface area contributed by atoms with E-state index >= 15 is 0 Å². The van der Waals surface area contributed by atoms with Gasteiger partial charge in [-0.25, -0.2) is 9.97 Å². The molecule has 1 aliphatic rings. The third kappa shape index (κ3) is 5.58. The number of piperidine rings is 1. The van der Waals surface area contributed by atoms with Crippen LogP contribution in [0.5, 0.6) is 0 Å². The molecule has 0 atom stereocenters. The lowest BCUT2D eigenvalue weighted by Gasteiger charge is -2.49. The maximum Gasteiger partial charge on any atom is 0.130 e. The highest BCUT2D eigenvalue weighted by atomic mass is 15.2. The molecule has 28 heavy (non-hydrogen) atoms. The van der Waals surface area contributed by atoms with Crippen molar-refractivity contribution in [1.82, 2.24) is 25.2 Å². The molecule has 0 bridgehead atoms. The van der Waals surface area contributed by atoms with Crippen LogP contribution >= 0.6 is 0 Å². The van der Waals surface area contributed by atoms with Gasteiger partial charge < -0.3 is 5.32 Å². The van der Waals surface area contributed by atoms with E-state index in [4.69, 9.17) is 0 Å². The summed E-state index contributed by atoms with van der Waals surface area (Å²) in [7, 11) is 0. The van der Waals surface area contributed by atoms with E-state index in [1.54, 1.807) is 0 Å². The van der Waals surface area contributed by atoms with Crippen molar-refractivity contribution in [3.63, 3.8) is 0 Å². The highest BCUT2D eigenvalue weighted by Crippen LogP contribution is 2.33. The maximum absolute atomic E-state index is 4.58. The first-order valence-corrected chi connectivity index (χ1v) is 10.4. The van der Waals surface area contributed by atoms with Crippen molar-refractivity contribution >= 4 is 0 Å². The van der Waals surface area contributed by atoms with Gasteiger partial charge in [0.05, 0.1) is 5.69 Å². The molecule has 0 spiro atoms. The van der Waals surface area contributed by atoms with Crippen molar-refractivity contribution in [1.29, 1.82) is 0 Å². The van der Waals surface area contributed by atoms with E-state index in [2.05, 4.69) is 78.8 Å². The Morgan fingerprint density at radius 2 is 1.64 bits per heavy atom. The lowest BCUT2D eigenvalue weighted by Crippen LogP contribution is -2.62. The average Bonchev–Trinajstić information content (AvgIpc) is 2.60. The number of rotatable bonds is 6. The molecule has 0 aromatic carbocycles. The molecular formula is C23H35N5. The van der Waals surface area contributed by atoms with Crippen molar-refractivity contribution in [2.24, 2.45) is 0 Å². The van der Waals surface area contributed by atoms with Crippen LogP contribution in [-0.2, 0) is 13.1 Å². The molecule has 0 radical (unpaired) electrons. The normalized spacial score (nSPS) is 19.3. The van der Waals surface area contributed by atoms with Gasteiger partial charge in [0.25, 0.3) is 0 Å². The summed E-state index contributed by atoms with van der Waals surface area (Å²) in [5, 5.41) is 3.80. The van der Waals surface area contributed by atoms with Gasteiger partial charge in [-0.3, -0.25) is 9.88 Å². The summed E-state index contributed by atoms with van der Waals surface area (Å²) in [6.45, 7) is 15.2. The van der Waals surface area contributed by atoms with Gasteiger partial charge in [0.1, 0.15) is 5.82 Å². The third-order valence-electron chi connectivity index (χ3n) is 5.40. The summed E-state index contributed by atoms with van der Waals surface area (Å²) in [6.07, 6.45) is 8.07. The van der Waals surface area contributed by atoms with Gasteiger partial charge in [-0.15, -0.1) is 0 Å². The summed E-state index contributed by atoms with van der Waals surface area (Å²) in [4.78, 5) is 16.3. The zero-order valence-electron chi connectivity index (χ0n) is 18.2. The molecule has 1 fully saturated rings. The Balaban J connectivity index is 1.84. The van der Waals surface area contributed by atoms with E-state index < -0.39 is 0 Å². The fourth-order valence-corrected chi connectivity index (χ4v) is 4.52. The zero-order chi connectivity index (χ0) is 20.4. The third-order valence-corrected chi connectivity index (χ3v) is 5.40. The molecule has 152 valence electrons. The van der Waals surface area contributed by atoms with Gasteiger partial charge >= 0.3 is 0 Å². The largest absolute Gasteiger partial charge is 0.307 e. The lowest BCUT2D eigenvalue weighted by atomic mass is 9.79. The fraction of sp³-hybridized carbons (Fsp3) is 0.609. The Morgan fingerprint density at radius 3 is 2.18 bits per heavy atom. The average molecular weight is 382 g/mol. The minimum Gasteiger partial charge on any atom is -0.307 e. The van der Waals surface area contributed by atoms with E-state index in [0.717, 1.165) is 43.0 Å². The lowest BCUT2D eigenvalue weighted by molar-refractivity contribution is 0.0555. The predicted molar refractivity (Wildman–Crippen MR) is 114 cm³/mol. The quantitative estimate of drug-likeness (QED) is 0.808. The molecule has 0 unspecified atom stereocenters. The smallest absolute Gasteiger partial charge is 0.130 e. The fourth-order valence-electron chi connectivity index (χ4n) is 4.52. The molecule has 2 aromatic rings. The molecule has 0 aliphatic carbocycles. The molecule has 5 nitrogen and oxygen atoms in total. The topological polar surface area (TPSA) is 53.9 Å². The van der Waals surface area contributed by atoms with Crippen LogP contribution in [-0.4, -0.2) is 37.0 Å². The highest BCUT2D eigenvalue weighted by molar-refractivity contribution is 5.10. The molecule has 3 heterocycles. The number of hydrogen-bond acceptors (Lipinski definition) is 5. The minimum absolute atomic E-state index is 0.104. The standard InChI is InChI=1S/C23H35N5/c1-17(2)21-25-13-18(14-26-21)15-28(16-19-9-7-8-10-24-19)20-11-22(3,4)27-23(5,6)12-20/h7-10,13-14,17,20,27H,11-12,15-16H2,1-6H3. The molecule has 5 heteroatoms. The summed E-state index contributed by atoms with van der Waals surface area (Å²) < 4.78 is 0. The van der Waals surface area contributed by atoms with Crippen molar-refractivity contribution in [3.05, 3.63) is 53.9 Å². The summed E-state index contributed by atoms with van der Waals surface area (Å²) >= 11 is 0. The van der Waals surface area contributed by atoms with Crippen LogP contribution in [0.2, 0.25) is 0 Å². The van der Waals surface area contributed by atoms with E-state index in [1.807, 2.05) is 24.7 Å². The first-order chi connectivity index (χ1) is 13.1. The second kappa shape index (κ2) is 8.26. The highest BCUT2D eigenvalue weighted by Gasteiger charge is 2.40. The Bertz CT molecular complexity index is 736. The number of nitrogens with zero attached hydrogens (tertiary/aromatic N) is 4. The van der Waals surface area contributed by atoms with Crippen molar-refractivity contribution in [3.8, 4) is 0 Å². The Labute approximate surface area is 170 Å². The first kappa shape index (κ1) is 20.9. The van der Waals surface area contributed by atoms with Gasteiger partial charge in [0.2, 0.25) is 0 Å². The van der Waals surface area contributed by atoms with E-state index in [-0.39, 0.29) is 11.1 Å². The molecule has 1 saturated heterocycles. The van der Waals surface area contributed by atoms with Crippen LogP contribution < -0.4 is 5.32 Å². The van der Waals surface area contributed by atoms with Gasteiger partial charge in [0, 0.05) is 60.3 Å². The van der Waals surface area contributed by atoms with E-state index in [1.165, 1.54) is 0 Å². The Morgan fingerprint density at radius 1 is 1.00 bits per heavy atom. The monoisotopic (exact) mass is 381 g/mol.